The fraction of sp³-hybridized carbons (Fsp3) is 1.00. The summed E-state index contributed by atoms with van der Waals surface area (Å²) in [6.45, 7) is 0. The Bertz CT molecular complexity index is 255. The van der Waals surface area contributed by atoms with Crippen molar-refractivity contribution in [2.45, 2.75) is 31.3 Å². The van der Waals surface area contributed by atoms with Gasteiger partial charge in [-0.2, -0.15) is 0 Å². The maximum atomic E-state index is 11.3. The van der Waals surface area contributed by atoms with E-state index in [0.29, 0.717) is 0 Å². The van der Waals surface area contributed by atoms with Gasteiger partial charge in [0.2, 0.25) is 10.0 Å². The van der Waals surface area contributed by atoms with E-state index in [4.69, 9.17) is 4.74 Å². The molecule has 0 aliphatic heterocycles. The van der Waals surface area contributed by atoms with E-state index in [0.717, 1.165) is 25.7 Å². The van der Waals surface area contributed by atoms with Gasteiger partial charge in [0.1, 0.15) is 0 Å². The van der Waals surface area contributed by atoms with Crippen molar-refractivity contribution in [2.75, 3.05) is 19.9 Å². The minimum Gasteiger partial charge on any atom is -0.377 e. The lowest BCUT2D eigenvalue weighted by Gasteiger charge is -2.26. The molecule has 0 unspecified atom stereocenters. The smallest absolute Gasteiger partial charge is 0.214 e. The summed E-state index contributed by atoms with van der Waals surface area (Å²) in [4.78, 5) is 0. The molecule has 1 N–H and O–H groups in total. The molecule has 4 nitrogen and oxygen atoms in total. The maximum Gasteiger partial charge on any atom is 0.214 e. The zero-order valence-electron chi connectivity index (χ0n) is 8.17. The van der Waals surface area contributed by atoms with Gasteiger partial charge in [-0.1, -0.05) is 12.8 Å². The zero-order valence-corrected chi connectivity index (χ0v) is 8.99. The molecule has 0 amide bonds. The summed E-state index contributed by atoms with van der Waals surface area (Å²) in [6.07, 6.45) is 3.83. The van der Waals surface area contributed by atoms with Crippen molar-refractivity contribution in [2.24, 2.45) is 0 Å². The van der Waals surface area contributed by atoms with Crippen LogP contribution < -0.4 is 4.72 Å². The summed E-state index contributed by atoms with van der Waals surface area (Å²) in [6, 6.07) is 0. The first-order valence-corrected chi connectivity index (χ1v) is 6.15. The van der Waals surface area contributed by atoms with Crippen molar-refractivity contribution >= 4 is 10.0 Å². The van der Waals surface area contributed by atoms with Gasteiger partial charge in [-0.15, -0.1) is 0 Å². The molecule has 0 aromatic heterocycles. The van der Waals surface area contributed by atoms with Gasteiger partial charge in [0.05, 0.1) is 11.4 Å². The van der Waals surface area contributed by atoms with Gasteiger partial charge in [-0.25, -0.2) is 13.1 Å². The molecule has 1 aliphatic carbocycles. The highest BCUT2D eigenvalue weighted by molar-refractivity contribution is 7.89. The Kier molecular flexibility index (Phi) is 3.32. The molecule has 0 heterocycles. The first-order chi connectivity index (χ1) is 6.04. The van der Waals surface area contributed by atoms with Gasteiger partial charge in [0.25, 0.3) is 0 Å². The largest absolute Gasteiger partial charge is 0.377 e. The molecule has 1 saturated carbocycles. The van der Waals surface area contributed by atoms with Crippen LogP contribution in [0.2, 0.25) is 0 Å². The Balaban J connectivity index is 2.69. The molecular weight excluding hydrogens is 190 g/mol. The van der Waals surface area contributed by atoms with E-state index in [-0.39, 0.29) is 5.75 Å². The third kappa shape index (κ3) is 2.65. The summed E-state index contributed by atoms with van der Waals surface area (Å²) >= 11 is 0. The Morgan fingerprint density at radius 3 is 2.31 bits per heavy atom. The first-order valence-electron chi connectivity index (χ1n) is 4.50. The van der Waals surface area contributed by atoms with Crippen LogP contribution in [0.15, 0.2) is 0 Å². The van der Waals surface area contributed by atoms with Crippen molar-refractivity contribution in [3.05, 3.63) is 0 Å². The third-order valence-electron chi connectivity index (χ3n) is 2.71. The van der Waals surface area contributed by atoms with Crippen LogP contribution in [0.1, 0.15) is 25.7 Å². The SMILES string of the molecule is CNS(=O)(=O)CC1(OC)CCCC1. The van der Waals surface area contributed by atoms with Crippen molar-refractivity contribution in [3.8, 4) is 0 Å². The molecule has 0 spiro atoms. The molecule has 0 radical (unpaired) electrons. The lowest BCUT2D eigenvalue weighted by atomic mass is 10.1. The average Bonchev–Trinajstić information content (AvgIpc) is 2.53. The summed E-state index contributed by atoms with van der Waals surface area (Å²) < 4.78 is 30.3. The van der Waals surface area contributed by atoms with Gasteiger partial charge < -0.3 is 4.74 Å². The van der Waals surface area contributed by atoms with E-state index < -0.39 is 15.6 Å². The van der Waals surface area contributed by atoms with Crippen molar-refractivity contribution in [1.82, 2.24) is 4.72 Å². The van der Waals surface area contributed by atoms with Gasteiger partial charge in [-0.3, -0.25) is 0 Å². The Labute approximate surface area is 79.7 Å². The molecule has 0 aromatic carbocycles. The van der Waals surface area contributed by atoms with Crippen LogP contribution >= 0.6 is 0 Å². The van der Waals surface area contributed by atoms with Gasteiger partial charge in [-0.05, 0) is 19.9 Å². The standard InChI is InChI=1S/C8H17NO3S/c1-9-13(10,11)7-8(12-2)5-3-4-6-8/h9H,3-7H2,1-2H3. The Morgan fingerprint density at radius 1 is 1.38 bits per heavy atom. The summed E-state index contributed by atoms with van der Waals surface area (Å²) in [7, 11) is -0.117. The van der Waals surface area contributed by atoms with Crippen LogP contribution in [-0.4, -0.2) is 33.9 Å². The fourth-order valence-corrected chi connectivity index (χ4v) is 3.09. The molecule has 1 fully saturated rings. The molecule has 0 aromatic rings. The Morgan fingerprint density at radius 2 is 1.92 bits per heavy atom. The van der Waals surface area contributed by atoms with Crippen molar-refractivity contribution in [3.63, 3.8) is 0 Å². The zero-order chi connectivity index (χ0) is 9.95. The highest BCUT2D eigenvalue weighted by Gasteiger charge is 2.37. The number of hydrogen-bond donors (Lipinski definition) is 1. The van der Waals surface area contributed by atoms with Crippen LogP contribution in [0.25, 0.3) is 0 Å². The summed E-state index contributed by atoms with van der Waals surface area (Å²) in [5.74, 6) is 0.0903. The number of rotatable bonds is 4. The minimum atomic E-state index is -3.15. The molecule has 0 atom stereocenters. The highest BCUT2D eigenvalue weighted by atomic mass is 32.2. The third-order valence-corrected chi connectivity index (χ3v) is 4.24. The van der Waals surface area contributed by atoms with E-state index in [1.165, 1.54) is 7.05 Å². The fourth-order valence-electron chi connectivity index (χ4n) is 1.85. The number of nitrogens with one attached hydrogen (secondary N) is 1. The normalized spacial score (nSPS) is 22.0. The maximum absolute atomic E-state index is 11.3. The second-order valence-electron chi connectivity index (χ2n) is 3.56. The van der Waals surface area contributed by atoms with Crippen LogP contribution in [0.4, 0.5) is 0 Å². The van der Waals surface area contributed by atoms with E-state index in [1.54, 1.807) is 7.11 Å². The van der Waals surface area contributed by atoms with Crippen LogP contribution in [0.3, 0.4) is 0 Å². The first kappa shape index (κ1) is 10.9. The summed E-state index contributed by atoms with van der Waals surface area (Å²) in [5, 5.41) is 0. The predicted octanol–water partition coefficient (Wildman–Crippen LogP) is 0.495. The second kappa shape index (κ2) is 3.94. The molecule has 1 aliphatic rings. The molecule has 0 saturated heterocycles. The quantitative estimate of drug-likeness (QED) is 0.730. The monoisotopic (exact) mass is 207 g/mol. The molecular formula is C8H17NO3S. The second-order valence-corrected chi connectivity index (χ2v) is 5.48. The molecule has 0 bridgehead atoms. The topological polar surface area (TPSA) is 55.4 Å². The molecule has 5 heteroatoms. The number of ether oxygens (including phenoxy) is 1. The van der Waals surface area contributed by atoms with Crippen molar-refractivity contribution in [1.29, 1.82) is 0 Å². The highest BCUT2D eigenvalue weighted by Crippen LogP contribution is 2.33. The molecule has 13 heavy (non-hydrogen) atoms. The van der Waals surface area contributed by atoms with Crippen molar-refractivity contribution < 1.29 is 13.2 Å². The Hall–Kier alpha value is -0.130. The number of sulfonamides is 1. The van der Waals surface area contributed by atoms with Crippen LogP contribution in [0, 0.1) is 0 Å². The summed E-state index contributed by atoms with van der Waals surface area (Å²) in [5.41, 5.74) is -0.429. The minimum absolute atomic E-state index is 0.0903. The lowest BCUT2D eigenvalue weighted by Crippen LogP contribution is -2.40. The van der Waals surface area contributed by atoms with E-state index >= 15 is 0 Å². The number of methoxy groups -OCH3 is 1. The average molecular weight is 207 g/mol. The lowest BCUT2D eigenvalue weighted by molar-refractivity contribution is 0.0154. The van der Waals surface area contributed by atoms with Crippen LogP contribution in [-0.2, 0) is 14.8 Å². The van der Waals surface area contributed by atoms with E-state index in [9.17, 15) is 8.42 Å². The van der Waals surface area contributed by atoms with Crippen LogP contribution in [0.5, 0.6) is 0 Å². The van der Waals surface area contributed by atoms with E-state index in [1.807, 2.05) is 0 Å². The van der Waals surface area contributed by atoms with Gasteiger partial charge in [0.15, 0.2) is 0 Å². The molecule has 78 valence electrons. The van der Waals surface area contributed by atoms with Gasteiger partial charge in [0, 0.05) is 7.11 Å². The predicted molar refractivity (Wildman–Crippen MR) is 51.1 cm³/mol. The van der Waals surface area contributed by atoms with E-state index in [2.05, 4.69) is 4.72 Å². The van der Waals surface area contributed by atoms with Gasteiger partial charge >= 0.3 is 0 Å². The number of hydrogen-bond acceptors (Lipinski definition) is 3. The molecule has 1 rings (SSSR count).